The van der Waals surface area contributed by atoms with E-state index >= 15 is 0 Å². The maximum atomic E-state index is 11.2. The summed E-state index contributed by atoms with van der Waals surface area (Å²) in [5.74, 6) is 1.05. The Bertz CT molecular complexity index is 614. The molecule has 4 nitrogen and oxygen atoms in total. The van der Waals surface area contributed by atoms with E-state index in [4.69, 9.17) is 4.42 Å². The molecule has 2 aromatic rings. The zero-order valence-electron chi connectivity index (χ0n) is 13.3. The summed E-state index contributed by atoms with van der Waals surface area (Å²) >= 11 is 0. The Labute approximate surface area is 131 Å². The predicted molar refractivity (Wildman–Crippen MR) is 86.6 cm³/mol. The predicted octanol–water partition coefficient (Wildman–Crippen LogP) is 3.84. The molecule has 1 heterocycles. The van der Waals surface area contributed by atoms with Gasteiger partial charge in [0.15, 0.2) is 0 Å². The number of nitrogens with one attached hydrogen (secondary N) is 1. The van der Waals surface area contributed by atoms with Crippen LogP contribution in [0.15, 0.2) is 40.8 Å². The van der Waals surface area contributed by atoms with Crippen molar-refractivity contribution in [3.8, 4) is 11.3 Å². The van der Waals surface area contributed by atoms with Crippen molar-refractivity contribution in [1.29, 1.82) is 0 Å². The van der Waals surface area contributed by atoms with E-state index in [1.54, 1.807) is 0 Å². The zero-order chi connectivity index (χ0) is 16.1. The van der Waals surface area contributed by atoms with Gasteiger partial charge in [0.1, 0.15) is 17.6 Å². The first-order valence-electron chi connectivity index (χ1n) is 7.57. The summed E-state index contributed by atoms with van der Waals surface area (Å²) in [7, 11) is 0. The number of carboxylic acids is 1. The number of benzene rings is 1. The Hall–Kier alpha value is -2.07. The number of furan rings is 1. The summed E-state index contributed by atoms with van der Waals surface area (Å²) < 4.78 is 5.79. The zero-order valence-corrected chi connectivity index (χ0v) is 13.3. The van der Waals surface area contributed by atoms with Gasteiger partial charge in [-0.05, 0) is 31.4 Å². The van der Waals surface area contributed by atoms with Gasteiger partial charge in [0.25, 0.3) is 0 Å². The minimum Gasteiger partial charge on any atom is -0.480 e. The van der Waals surface area contributed by atoms with Gasteiger partial charge in [-0.2, -0.15) is 0 Å². The molecule has 0 saturated heterocycles. The molecule has 0 aliphatic carbocycles. The first-order chi connectivity index (χ1) is 10.5. The minimum absolute atomic E-state index is 0.327. The molecule has 0 unspecified atom stereocenters. The third-order valence-corrected chi connectivity index (χ3v) is 3.53. The SMILES string of the molecule is Cc1ccc(-c2ccc(CN[C@@H](CC(C)C)C(=O)O)o2)cc1. The van der Waals surface area contributed by atoms with Crippen molar-refractivity contribution in [2.24, 2.45) is 5.92 Å². The van der Waals surface area contributed by atoms with Crippen molar-refractivity contribution in [2.75, 3.05) is 0 Å². The van der Waals surface area contributed by atoms with Crippen molar-refractivity contribution < 1.29 is 14.3 Å². The van der Waals surface area contributed by atoms with E-state index in [9.17, 15) is 9.90 Å². The quantitative estimate of drug-likeness (QED) is 0.815. The average Bonchev–Trinajstić information content (AvgIpc) is 2.92. The summed E-state index contributed by atoms with van der Waals surface area (Å²) in [5.41, 5.74) is 2.23. The van der Waals surface area contributed by atoms with E-state index in [1.165, 1.54) is 5.56 Å². The normalized spacial score (nSPS) is 12.5. The van der Waals surface area contributed by atoms with Gasteiger partial charge in [-0.25, -0.2) is 0 Å². The van der Waals surface area contributed by atoms with Crippen LogP contribution in [0.25, 0.3) is 11.3 Å². The lowest BCUT2D eigenvalue weighted by molar-refractivity contribution is -0.140. The lowest BCUT2D eigenvalue weighted by Gasteiger charge is -2.15. The van der Waals surface area contributed by atoms with E-state index in [0.717, 1.165) is 17.1 Å². The fourth-order valence-electron chi connectivity index (χ4n) is 2.31. The van der Waals surface area contributed by atoms with Crippen molar-refractivity contribution in [3.63, 3.8) is 0 Å². The number of aliphatic carboxylic acids is 1. The van der Waals surface area contributed by atoms with Crippen LogP contribution in [-0.2, 0) is 11.3 Å². The van der Waals surface area contributed by atoms with Gasteiger partial charge in [-0.15, -0.1) is 0 Å². The molecule has 0 spiro atoms. The summed E-state index contributed by atoms with van der Waals surface area (Å²) in [6.45, 7) is 6.48. The van der Waals surface area contributed by atoms with E-state index in [0.29, 0.717) is 18.9 Å². The second-order valence-electron chi connectivity index (χ2n) is 6.03. The minimum atomic E-state index is -0.820. The van der Waals surface area contributed by atoms with E-state index < -0.39 is 12.0 Å². The van der Waals surface area contributed by atoms with Gasteiger partial charge in [-0.3, -0.25) is 10.1 Å². The second kappa shape index (κ2) is 7.27. The fraction of sp³-hybridized carbons (Fsp3) is 0.389. The Morgan fingerprint density at radius 1 is 1.18 bits per heavy atom. The number of hydrogen-bond acceptors (Lipinski definition) is 3. The molecule has 0 amide bonds. The van der Waals surface area contributed by atoms with Crippen molar-refractivity contribution >= 4 is 5.97 Å². The monoisotopic (exact) mass is 301 g/mol. The maximum absolute atomic E-state index is 11.2. The number of aryl methyl sites for hydroxylation is 1. The molecule has 0 bridgehead atoms. The average molecular weight is 301 g/mol. The van der Waals surface area contributed by atoms with Crippen molar-refractivity contribution in [1.82, 2.24) is 5.32 Å². The van der Waals surface area contributed by atoms with E-state index in [2.05, 4.69) is 5.32 Å². The largest absolute Gasteiger partial charge is 0.480 e. The molecular formula is C18H23NO3. The fourth-order valence-corrected chi connectivity index (χ4v) is 2.31. The second-order valence-corrected chi connectivity index (χ2v) is 6.03. The molecule has 1 atom stereocenters. The van der Waals surface area contributed by atoms with Crippen LogP contribution in [0, 0.1) is 12.8 Å². The number of carbonyl (C=O) groups is 1. The van der Waals surface area contributed by atoms with Crippen LogP contribution >= 0.6 is 0 Å². The summed E-state index contributed by atoms with van der Waals surface area (Å²) in [6, 6.07) is 11.4. The molecule has 0 aliphatic heterocycles. The molecule has 1 aromatic carbocycles. The molecule has 118 valence electrons. The first kappa shape index (κ1) is 16.3. The van der Waals surface area contributed by atoms with Gasteiger partial charge in [0, 0.05) is 5.56 Å². The maximum Gasteiger partial charge on any atom is 0.320 e. The molecule has 0 saturated carbocycles. The van der Waals surface area contributed by atoms with Crippen molar-refractivity contribution in [2.45, 2.75) is 39.8 Å². The lowest BCUT2D eigenvalue weighted by Crippen LogP contribution is -2.37. The Morgan fingerprint density at radius 3 is 2.45 bits per heavy atom. The highest BCUT2D eigenvalue weighted by atomic mass is 16.4. The summed E-state index contributed by atoms with van der Waals surface area (Å²) in [5, 5.41) is 12.3. The van der Waals surface area contributed by atoms with Crippen LogP contribution in [0.3, 0.4) is 0 Å². The Kier molecular flexibility index (Phi) is 5.39. The molecular weight excluding hydrogens is 278 g/mol. The summed E-state index contributed by atoms with van der Waals surface area (Å²) in [6.07, 6.45) is 0.598. The van der Waals surface area contributed by atoms with Gasteiger partial charge < -0.3 is 9.52 Å². The first-order valence-corrected chi connectivity index (χ1v) is 7.57. The highest BCUT2D eigenvalue weighted by molar-refractivity contribution is 5.73. The lowest BCUT2D eigenvalue weighted by atomic mass is 10.0. The number of rotatable bonds is 7. The van der Waals surface area contributed by atoms with Gasteiger partial charge in [0.05, 0.1) is 6.54 Å². The highest BCUT2D eigenvalue weighted by Gasteiger charge is 2.18. The molecule has 2 rings (SSSR count). The smallest absolute Gasteiger partial charge is 0.320 e. The van der Waals surface area contributed by atoms with E-state index in [1.807, 2.05) is 57.2 Å². The molecule has 0 radical (unpaired) electrons. The van der Waals surface area contributed by atoms with Crippen LogP contribution in [0.5, 0.6) is 0 Å². The molecule has 4 heteroatoms. The third-order valence-electron chi connectivity index (χ3n) is 3.53. The molecule has 0 fully saturated rings. The van der Waals surface area contributed by atoms with Gasteiger partial charge >= 0.3 is 5.97 Å². The Balaban J connectivity index is 1.99. The molecule has 22 heavy (non-hydrogen) atoms. The topological polar surface area (TPSA) is 62.5 Å². The van der Waals surface area contributed by atoms with Gasteiger partial charge in [0.2, 0.25) is 0 Å². The van der Waals surface area contributed by atoms with Crippen LogP contribution in [0.4, 0.5) is 0 Å². The van der Waals surface area contributed by atoms with E-state index in [-0.39, 0.29) is 0 Å². The standard InChI is InChI=1S/C18H23NO3/c1-12(2)10-16(18(20)21)19-11-15-8-9-17(22-15)14-6-4-13(3)5-7-14/h4-9,12,16,19H,10-11H2,1-3H3,(H,20,21)/t16-/m0/s1. The molecule has 0 aliphatic rings. The number of carboxylic acid groups (broad SMARTS) is 1. The molecule has 1 aromatic heterocycles. The Morgan fingerprint density at radius 2 is 1.86 bits per heavy atom. The van der Waals surface area contributed by atoms with Crippen LogP contribution in [0.2, 0.25) is 0 Å². The van der Waals surface area contributed by atoms with Crippen LogP contribution in [-0.4, -0.2) is 17.1 Å². The molecule has 2 N–H and O–H groups in total. The number of hydrogen-bond donors (Lipinski definition) is 2. The summed E-state index contributed by atoms with van der Waals surface area (Å²) in [4.78, 5) is 11.2. The van der Waals surface area contributed by atoms with Crippen LogP contribution < -0.4 is 5.32 Å². The third kappa shape index (κ3) is 4.46. The van der Waals surface area contributed by atoms with Crippen molar-refractivity contribution in [3.05, 3.63) is 47.7 Å². The van der Waals surface area contributed by atoms with Crippen LogP contribution in [0.1, 0.15) is 31.6 Å². The highest BCUT2D eigenvalue weighted by Crippen LogP contribution is 2.22. The van der Waals surface area contributed by atoms with Gasteiger partial charge in [-0.1, -0.05) is 43.7 Å².